The third-order valence-electron chi connectivity index (χ3n) is 4.29. The van der Waals surface area contributed by atoms with Crippen LogP contribution in [0.4, 0.5) is 0 Å². The fourth-order valence-electron chi connectivity index (χ4n) is 2.99. The minimum atomic E-state index is -0.303. The Morgan fingerprint density at radius 2 is 2.18 bits per heavy atom. The van der Waals surface area contributed by atoms with Crippen LogP contribution in [0.15, 0.2) is 18.2 Å². The number of carbonyl (C=O) groups is 1. The molecule has 0 saturated carbocycles. The number of nitroso groups, excluding NO2 is 1. The van der Waals surface area contributed by atoms with Crippen molar-refractivity contribution < 1.29 is 9.55 Å². The van der Waals surface area contributed by atoms with Gasteiger partial charge in [0.25, 0.3) is 0 Å². The van der Waals surface area contributed by atoms with E-state index in [0.717, 1.165) is 28.7 Å². The molecule has 120 valence electrons. The predicted octanol–water partition coefficient (Wildman–Crippen LogP) is 2.07. The van der Waals surface area contributed by atoms with Gasteiger partial charge in [0.15, 0.2) is 6.54 Å². The van der Waals surface area contributed by atoms with Crippen molar-refractivity contribution in [2.75, 3.05) is 6.54 Å². The Morgan fingerprint density at radius 3 is 2.82 bits per heavy atom. The lowest BCUT2D eigenvalue weighted by Gasteiger charge is -2.19. The first-order valence-corrected chi connectivity index (χ1v) is 7.96. The van der Waals surface area contributed by atoms with E-state index < -0.39 is 0 Å². The van der Waals surface area contributed by atoms with Gasteiger partial charge >= 0.3 is 0 Å². The summed E-state index contributed by atoms with van der Waals surface area (Å²) in [6.07, 6.45) is 1.52. The highest BCUT2D eigenvalue weighted by Crippen LogP contribution is 2.27. The first-order chi connectivity index (χ1) is 10.4. The fourth-order valence-corrected chi connectivity index (χ4v) is 2.99. The number of amides is 1. The quantitative estimate of drug-likeness (QED) is 0.790. The van der Waals surface area contributed by atoms with E-state index in [9.17, 15) is 9.70 Å². The van der Waals surface area contributed by atoms with Crippen molar-refractivity contribution >= 4 is 5.91 Å². The molecular formula is C17H26N3O2+. The van der Waals surface area contributed by atoms with E-state index in [2.05, 4.69) is 25.2 Å². The summed E-state index contributed by atoms with van der Waals surface area (Å²) in [6.45, 7) is 7.25. The highest BCUT2D eigenvalue weighted by molar-refractivity contribution is 5.79. The van der Waals surface area contributed by atoms with E-state index in [4.69, 9.17) is 5.73 Å². The molecule has 1 heterocycles. The van der Waals surface area contributed by atoms with Gasteiger partial charge in [-0.05, 0) is 23.5 Å². The van der Waals surface area contributed by atoms with Gasteiger partial charge in [-0.2, -0.15) is 0 Å². The normalized spacial score (nSPS) is 19.1. The molecule has 0 spiro atoms. The zero-order valence-electron chi connectivity index (χ0n) is 13.6. The van der Waals surface area contributed by atoms with Gasteiger partial charge in [-0.1, -0.05) is 32.0 Å². The maximum atomic E-state index is 11.7. The van der Waals surface area contributed by atoms with Crippen LogP contribution < -0.4 is 11.1 Å². The number of nitrogens with one attached hydrogen (secondary N) is 1. The molecule has 1 aliphatic rings. The summed E-state index contributed by atoms with van der Waals surface area (Å²) >= 11 is 0. The molecule has 1 aliphatic heterocycles. The highest BCUT2D eigenvalue weighted by atomic mass is 16.3. The topological polar surface area (TPSA) is 75.2 Å². The van der Waals surface area contributed by atoms with Crippen molar-refractivity contribution in [1.82, 2.24) is 5.32 Å². The summed E-state index contributed by atoms with van der Waals surface area (Å²) in [5.74, 6) is 0.111. The average Bonchev–Trinajstić information content (AvgIpc) is 2.46. The molecule has 2 rings (SSSR count). The number of hydrogen-bond donors (Lipinski definition) is 2. The average molecular weight is 304 g/mol. The number of primary amides is 1. The van der Waals surface area contributed by atoms with Crippen LogP contribution in [0.3, 0.4) is 0 Å². The molecule has 2 unspecified atom stereocenters. The third kappa shape index (κ3) is 3.91. The number of hydrogen-bond acceptors (Lipinski definition) is 3. The Labute approximate surface area is 131 Å². The van der Waals surface area contributed by atoms with E-state index in [-0.39, 0.29) is 18.0 Å². The first kappa shape index (κ1) is 16.6. The first-order valence-electron chi connectivity index (χ1n) is 7.96. The zero-order valence-corrected chi connectivity index (χ0v) is 13.6. The van der Waals surface area contributed by atoms with Gasteiger partial charge < -0.3 is 11.1 Å². The Bertz CT molecular complexity index is 569. The van der Waals surface area contributed by atoms with Crippen LogP contribution >= 0.6 is 0 Å². The van der Waals surface area contributed by atoms with Gasteiger partial charge in [-0.25, -0.2) is 0 Å². The van der Waals surface area contributed by atoms with E-state index >= 15 is 0 Å². The minimum Gasteiger partial charge on any atom is -0.368 e. The van der Waals surface area contributed by atoms with Crippen LogP contribution in [-0.2, 0) is 17.8 Å². The monoisotopic (exact) mass is 304 g/mol. The maximum Gasteiger partial charge on any atom is 0.234 e. The van der Waals surface area contributed by atoms with Crippen molar-refractivity contribution in [3.63, 3.8) is 0 Å². The molecule has 0 aromatic heterocycles. The number of nitrogens with two attached hydrogens (primary N) is 1. The van der Waals surface area contributed by atoms with Gasteiger partial charge in [0.2, 0.25) is 11.9 Å². The van der Waals surface area contributed by atoms with Crippen LogP contribution in [0.25, 0.3) is 0 Å². The molecule has 0 saturated heterocycles. The summed E-state index contributed by atoms with van der Waals surface area (Å²) in [7, 11) is 0. The maximum absolute atomic E-state index is 11.7. The zero-order chi connectivity index (χ0) is 16.3. The molecule has 5 heteroatoms. The van der Waals surface area contributed by atoms with Crippen LogP contribution in [0.1, 0.15) is 49.9 Å². The lowest BCUT2D eigenvalue weighted by molar-refractivity contribution is -0.592. The largest absolute Gasteiger partial charge is 0.368 e. The molecule has 1 aromatic rings. The Kier molecular flexibility index (Phi) is 5.29. The summed E-state index contributed by atoms with van der Waals surface area (Å²) in [4.78, 5) is 23.2. The van der Waals surface area contributed by atoms with Crippen molar-refractivity contribution in [3.8, 4) is 0 Å². The van der Waals surface area contributed by atoms with Gasteiger partial charge in [-0.3, -0.25) is 4.79 Å². The number of benzene rings is 1. The predicted molar refractivity (Wildman–Crippen MR) is 86.3 cm³/mol. The Balaban J connectivity index is 2.05. The molecule has 0 bridgehead atoms. The number of fused-ring (bicyclic) bond motifs is 1. The van der Waals surface area contributed by atoms with Crippen LogP contribution in [0.2, 0.25) is 0 Å². The number of nitrogens with zero attached hydrogens (tertiary/aromatic N) is 1. The number of carbonyl (C=O) groups excluding carboxylic acids is 1. The summed E-state index contributed by atoms with van der Waals surface area (Å²) in [6, 6.07) is 5.81. The van der Waals surface area contributed by atoms with Crippen molar-refractivity contribution in [2.24, 2.45) is 11.7 Å². The second-order valence-electron chi connectivity index (χ2n) is 6.57. The summed E-state index contributed by atoms with van der Waals surface area (Å²) < 4.78 is 1.13. The van der Waals surface area contributed by atoms with Gasteiger partial charge in [0.1, 0.15) is 0 Å². The Hall–Kier alpha value is -1.75. The molecule has 0 fully saturated rings. The molecule has 0 aliphatic carbocycles. The second-order valence-corrected chi connectivity index (χ2v) is 6.57. The Morgan fingerprint density at radius 1 is 1.45 bits per heavy atom. The summed E-state index contributed by atoms with van der Waals surface area (Å²) in [5.41, 5.74) is 8.92. The minimum absolute atomic E-state index is 0.0786. The standard InChI is InChI=1S/C17H25N3O2/c1-11(2)8-16(17(18)21)19-10-13-4-5-15-12(3)20(22)7-6-14(15)9-13/h4-5,9,11-12,16,19H,6-8,10H2,1-3H3,(H-,18,21)/p+1. The SMILES string of the molecule is CC(C)CC(NCc1ccc2c(c1)CC[N+](=O)C2C)C(N)=O. The highest BCUT2D eigenvalue weighted by Gasteiger charge is 2.29. The lowest BCUT2D eigenvalue weighted by atomic mass is 9.93. The van der Waals surface area contributed by atoms with E-state index in [1.54, 1.807) is 0 Å². The van der Waals surface area contributed by atoms with E-state index in [0.29, 0.717) is 19.0 Å². The molecule has 3 N–H and O–H groups in total. The number of rotatable bonds is 6. The molecular weight excluding hydrogens is 278 g/mol. The molecule has 22 heavy (non-hydrogen) atoms. The fraction of sp³-hybridized carbons (Fsp3) is 0.588. The lowest BCUT2D eigenvalue weighted by Crippen LogP contribution is -2.41. The molecule has 1 amide bonds. The van der Waals surface area contributed by atoms with Crippen LogP contribution in [-0.4, -0.2) is 23.3 Å². The van der Waals surface area contributed by atoms with E-state index in [1.165, 1.54) is 5.56 Å². The van der Waals surface area contributed by atoms with Crippen LogP contribution in [0.5, 0.6) is 0 Å². The van der Waals surface area contributed by atoms with Gasteiger partial charge in [-0.15, -0.1) is 0 Å². The molecule has 5 nitrogen and oxygen atoms in total. The summed E-state index contributed by atoms with van der Waals surface area (Å²) in [5, 5.41) is 3.25. The van der Waals surface area contributed by atoms with Gasteiger partial charge in [0, 0.05) is 35.1 Å². The molecule has 0 radical (unpaired) electrons. The van der Waals surface area contributed by atoms with E-state index in [1.807, 2.05) is 19.1 Å². The van der Waals surface area contributed by atoms with Crippen molar-refractivity contribution in [1.29, 1.82) is 0 Å². The second kappa shape index (κ2) is 7.01. The molecule has 1 aromatic carbocycles. The molecule has 2 atom stereocenters. The smallest absolute Gasteiger partial charge is 0.234 e. The van der Waals surface area contributed by atoms with Crippen LogP contribution in [0, 0.1) is 10.8 Å². The van der Waals surface area contributed by atoms with Crippen molar-refractivity contribution in [2.45, 2.75) is 52.2 Å². The third-order valence-corrected chi connectivity index (χ3v) is 4.29. The van der Waals surface area contributed by atoms with Gasteiger partial charge in [0.05, 0.1) is 6.04 Å². The van der Waals surface area contributed by atoms with Crippen molar-refractivity contribution in [3.05, 3.63) is 39.8 Å².